The van der Waals surface area contributed by atoms with Gasteiger partial charge >= 0.3 is 12.1 Å². The molecule has 4 rings (SSSR count). The van der Waals surface area contributed by atoms with Gasteiger partial charge in [0, 0.05) is 25.1 Å². The van der Waals surface area contributed by atoms with Crippen LogP contribution >= 0.6 is 0 Å². The van der Waals surface area contributed by atoms with Gasteiger partial charge in [0.25, 0.3) is 0 Å². The summed E-state index contributed by atoms with van der Waals surface area (Å²) in [5.74, 6) is 0.0440. The summed E-state index contributed by atoms with van der Waals surface area (Å²) in [5.41, 5.74) is 4.29. The van der Waals surface area contributed by atoms with Crippen LogP contribution in [0.5, 0.6) is 0 Å². The molecule has 1 aliphatic heterocycles. The third-order valence-electron chi connectivity index (χ3n) is 6.10. The maximum atomic E-state index is 12.7. The van der Waals surface area contributed by atoms with Gasteiger partial charge in [-0.05, 0) is 44.4 Å². The van der Waals surface area contributed by atoms with Gasteiger partial charge in [0.1, 0.15) is 5.82 Å². The first-order valence-electron chi connectivity index (χ1n) is 10.6. The smallest absolute Gasteiger partial charge is 0.412 e. The minimum Gasteiger partial charge on any atom is -0.466 e. The van der Waals surface area contributed by atoms with Crippen LogP contribution in [0.1, 0.15) is 43.1 Å². The van der Waals surface area contributed by atoms with Crippen LogP contribution in [-0.2, 0) is 29.4 Å². The molecule has 1 aliphatic rings. The summed E-state index contributed by atoms with van der Waals surface area (Å²) in [4.78, 5) is 30.9. The molecule has 1 N–H and O–H groups in total. The fourth-order valence-corrected chi connectivity index (χ4v) is 4.47. The summed E-state index contributed by atoms with van der Waals surface area (Å²) in [7, 11) is 1.94. The molecule has 1 amide bonds. The highest BCUT2D eigenvalue weighted by molar-refractivity contribution is 5.94. The molecule has 0 fully saturated rings. The van der Waals surface area contributed by atoms with Gasteiger partial charge in [-0.1, -0.05) is 30.3 Å². The van der Waals surface area contributed by atoms with E-state index >= 15 is 0 Å². The van der Waals surface area contributed by atoms with Crippen molar-refractivity contribution in [3.05, 3.63) is 59.4 Å². The van der Waals surface area contributed by atoms with Crippen molar-refractivity contribution in [3.8, 4) is 0 Å². The maximum Gasteiger partial charge on any atom is 0.412 e. The lowest BCUT2D eigenvalue weighted by Crippen LogP contribution is -2.41. The molecular weight excluding hydrogens is 394 g/mol. The number of fused-ring (bicyclic) bond motifs is 3. The highest BCUT2D eigenvalue weighted by Crippen LogP contribution is 2.36. The van der Waals surface area contributed by atoms with E-state index < -0.39 is 12.0 Å². The number of rotatable bonds is 5. The number of hydrogen-bond acceptors (Lipinski definition) is 4. The Morgan fingerprint density at radius 2 is 1.97 bits per heavy atom. The number of carbonyl (C=O) groups is 2. The van der Waals surface area contributed by atoms with Crippen LogP contribution in [0.3, 0.4) is 0 Å². The largest absolute Gasteiger partial charge is 0.466 e. The van der Waals surface area contributed by atoms with Gasteiger partial charge in [-0.15, -0.1) is 0 Å². The van der Waals surface area contributed by atoms with Crippen LogP contribution < -0.4 is 4.90 Å². The summed E-state index contributed by atoms with van der Waals surface area (Å²) in [5, 5.41) is 9.69. The van der Waals surface area contributed by atoms with Crippen LogP contribution in [-0.4, -0.2) is 39.4 Å². The molecule has 31 heavy (non-hydrogen) atoms. The first-order chi connectivity index (χ1) is 14.9. The third-order valence-corrected chi connectivity index (χ3v) is 6.10. The van der Waals surface area contributed by atoms with Crippen molar-refractivity contribution in [2.45, 2.75) is 45.1 Å². The average molecular weight is 421 g/mol. The first-order valence-corrected chi connectivity index (χ1v) is 10.6. The Morgan fingerprint density at radius 3 is 2.65 bits per heavy atom. The molecule has 0 radical (unpaired) electrons. The molecule has 7 heteroatoms. The summed E-state index contributed by atoms with van der Waals surface area (Å²) in [6.07, 6.45) is 0.978. The fraction of sp³-hybridized carbons (Fsp3) is 0.375. The van der Waals surface area contributed by atoms with Gasteiger partial charge in [0.05, 0.1) is 29.2 Å². The van der Waals surface area contributed by atoms with Crippen LogP contribution in [0.25, 0.3) is 11.0 Å². The number of carboxylic acid groups (broad SMARTS) is 1. The molecule has 2 atom stereocenters. The molecule has 0 unspecified atom stereocenters. The molecule has 0 bridgehead atoms. The lowest BCUT2D eigenvalue weighted by atomic mass is 9.95. The summed E-state index contributed by atoms with van der Waals surface area (Å²) >= 11 is 0. The molecule has 2 aromatic carbocycles. The summed E-state index contributed by atoms with van der Waals surface area (Å²) in [6, 6.07) is 13.3. The second kappa shape index (κ2) is 8.41. The Morgan fingerprint density at radius 1 is 1.23 bits per heavy atom. The van der Waals surface area contributed by atoms with Gasteiger partial charge < -0.3 is 14.4 Å². The lowest BCUT2D eigenvalue weighted by Gasteiger charge is -2.33. The zero-order valence-electron chi connectivity index (χ0n) is 18.0. The number of anilines is 1. The van der Waals surface area contributed by atoms with E-state index in [0.717, 1.165) is 40.8 Å². The maximum absolute atomic E-state index is 12.7. The van der Waals surface area contributed by atoms with Gasteiger partial charge in [0.2, 0.25) is 0 Å². The minimum atomic E-state index is -0.949. The number of nitrogens with zero attached hydrogens (tertiary/aromatic N) is 3. The summed E-state index contributed by atoms with van der Waals surface area (Å²) in [6.45, 7) is 4.05. The lowest BCUT2D eigenvalue weighted by molar-refractivity contribution is -0.145. The van der Waals surface area contributed by atoms with Crippen molar-refractivity contribution < 1.29 is 19.4 Å². The monoisotopic (exact) mass is 421 g/mol. The molecule has 0 saturated carbocycles. The van der Waals surface area contributed by atoms with E-state index in [0.29, 0.717) is 18.7 Å². The standard InChI is InChI=1S/C24H27N3O4/c1-4-31-23(28)18(16-8-6-5-7-9-16)14-21-25-22-17-11-10-15(2)27(24(29)30)19(17)12-13-20(22)26(21)3/h5-9,12-13,15,18H,4,10-11,14H2,1-3H3,(H,29,30)/t15-,18+/m0/s1. The highest BCUT2D eigenvalue weighted by atomic mass is 16.5. The Balaban J connectivity index is 1.77. The van der Waals surface area contributed by atoms with Crippen molar-refractivity contribution in [2.75, 3.05) is 11.5 Å². The van der Waals surface area contributed by atoms with Crippen LogP contribution in [0, 0.1) is 0 Å². The van der Waals surface area contributed by atoms with E-state index in [4.69, 9.17) is 9.72 Å². The second-order valence-electron chi connectivity index (χ2n) is 7.98. The van der Waals surface area contributed by atoms with E-state index in [1.165, 1.54) is 4.90 Å². The van der Waals surface area contributed by atoms with E-state index in [1.807, 2.05) is 61.0 Å². The molecular formula is C24H27N3O4. The predicted octanol–water partition coefficient (Wildman–Crippen LogP) is 4.28. The Bertz CT molecular complexity index is 1120. The quantitative estimate of drug-likeness (QED) is 0.622. The Hall–Kier alpha value is -3.35. The van der Waals surface area contributed by atoms with Crippen molar-refractivity contribution >= 4 is 28.8 Å². The van der Waals surface area contributed by atoms with Crippen molar-refractivity contribution in [1.82, 2.24) is 9.55 Å². The van der Waals surface area contributed by atoms with Gasteiger partial charge in [-0.3, -0.25) is 9.69 Å². The number of esters is 1. The van der Waals surface area contributed by atoms with Crippen molar-refractivity contribution in [3.63, 3.8) is 0 Å². The molecule has 1 aromatic heterocycles. The molecule has 0 aliphatic carbocycles. The van der Waals surface area contributed by atoms with Crippen LogP contribution in [0.15, 0.2) is 42.5 Å². The number of ether oxygens (including phenoxy) is 1. The normalized spacial score (nSPS) is 16.7. The number of amides is 1. The van der Waals surface area contributed by atoms with E-state index in [1.54, 1.807) is 6.92 Å². The second-order valence-corrected chi connectivity index (χ2v) is 7.98. The van der Waals surface area contributed by atoms with E-state index in [-0.39, 0.29) is 12.0 Å². The Labute approximate surface area is 181 Å². The van der Waals surface area contributed by atoms with Gasteiger partial charge in [-0.25, -0.2) is 9.78 Å². The van der Waals surface area contributed by atoms with Gasteiger partial charge in [-0.2, -0.15) is 0 Å². The predicted molar refractivity (Wildman–Crippen MR) is 119 cm³/mol. The zero-order chi connectivity index (χ0) is 22.1. The van der Waals surface area contributed by atoms with Crippen LogP contribution in [0.2, 0.25) is 0 Å². The number of carbonyl (C=O) groups excluding carboxylic acids is 1. The van der Waals surface area contributed by atoms with Crippen LogP contribution in [0.4, 0.5) is 10.5 Å². The number of benzene rings is 2. The number of aryl methyl sites for hydroxylation is 2. The number of hydrogen-bond donors (Lipinski definition) is 1. The van der Waals surface area contributed by atoms with Crippen molar-refractivity contribution in [2.24, 2.45) is 7.05 Å². The van der Waals surface area contributed by atoms with Gasteiger partial charge in [0.15, 0.2) is 0 Å². The molecule has 3 aromatic rings. The number of aromatic nitrogens is 2. The van der Waals surface area contributed by atoms with E-state index in [2.05, 4.69) is 0 Å². The summed E-state index contributed by atoms with van der Waals surface area (Å²) < 4.78 is 7.33. The topological polar surface area (TPSA) is 84.7 Å². The fourth-order valence-electron chi connectivity index (χ4n) is 4.47. The SMILES string of the molecule is CCOC(=O)[C@H](Cc1nc2c3c(ccc2n1C)N(C(=O)O)[C@@H](C)CC3)c1ccccc1. The molecule has 0 spiro atoms. The first kappa shape index (κ1) is 20.9. The average Bonchev–Trinajstić information content (AvgIpc) is 3.07. The molecule has 7 nitrogen and oxygen atoms in total. The third kappa shape index (κ3) is 3.76. The Kier molecular flexibility index (Phi) is 5.67. The number of imidazole rings is 1. The zero-order valence-corrected chi connectivity index (χ0v) is 18.0. The highest BCUT2D eigenvalue weighted by Gasteiger charge is 2.31. The minimum absolute atomic E-state index is 0.0723. The van der Waals surface area contributed by atoms with E-state index in [9.17, 15) is 14.7 Å². The molecule has 2 heterocycles. The molecule has 162 valence electrons. The van der Waals surface area contributed by atoms with Crippen molar-refractivity contribution in [1.29, 1.82) is 0 Å². The molecule has 0 saturated heterocycles.